The van der Waals surface area contributed by atoms with Crippen LogP contribution in [0.2, 0.25) is 0 Å². The molecule has 20 heavy (non-hydrogen) atoms. The number of hydrogen-bond acceptors (Lipinski definition) is 2. The van der Waals surface area contributed by atoms with Crippen molar-refractivity contribution in [2.45, 2.75) is 0 Å². The zero-order chi connectivity index (χ0) is 13.9. The topological polar surface area (TPSA) is 55.1 Å². The predicted molar refractivity (Wildman–Crippen MR) is 82.8 cm³/mol. The molecule has 0 aliphatic carbocycles. The fourth-order valence-corrected chi connectivity index (χ4v) is 2.26. The molecule has 0 saturated carbocycles. The summed E-state index contributed by atoms with van der Waals surface area (Å²) in [4.78, 5) is 12.2. The Balaban J connectivity index is 2.02. The van der Waals surface area contributed by atoms with E-state index in [4.69, 9.17) is 5.73 Å². The van der Waals surface area contributed by atoms with Crippen molar-refractivity contribution in [1.29, 1.82) is 0 Å². The summed E-state index contributed by atoms with van der Waals surface area (Å²) in [5, 5.41) is 4.81. The summed E-state index contributed by atoms with van der Waals surface area (Å²) in [5.41, 5.74) is 8.03. The highest BCUT2D eigenvalue weighted by Crippen LogP contribution is 2.28. The van der Waals surface area contributed by atoms with Gasteiger partial charge in [-0.3, -0.25) is 4.79 Å². The largest absolute Gasteiger partial charge is 0.398 e. The summed E-state index contributed by atoms with van der Waals surface area (Å²) < 4.78 is 0. The minimum atomic E-state index is -0.138. The smallest absolute Gasteiger partial charge is 0.255 e. The molecule has 1 amide bonds. The third kappa shape index (κ3) is 2.21. The first-order chi connectivity index (χ1) is 9.75. The van der Waals surface area contributed by atoms with Gasteiger partial charge in [0.15, 0.2) is 0 Å². The maximum Gasteiger partial charge on any atom is 0.255 e. The van der Waals surface area contributed by atoms with Crippen LogP contribution in [0.25, 0.3) is 10.8 Å². The van der Waals surface area contributed by atoms with Crippen molar-refractivity contribution in [1.82, 2.24) is 0 Å². The van der Waals surface area contributed by atoms with Gasteiger partial charge in [-0.2, -0.15) is 0 Å². The zero-order valence-corrected chi connectivity index (χ0v) is 10.8. The first kappa shape index (κ1) is 12.2. The molecule has 0 saturated heterocycles. The fourth-order valence-electron chi connectivity index (χ4n) is 2.26. The molecule has 3 N–H and O–H groups in total. The summed E-state index contributed by atoms with van der Waals surface area (Å²) in [5.74, 6) is -0.138. The standard InChI is InChI=1S/C17H14N2O/c18-14-10-4-8-12-9-5-11-15(16(12)14)19-17(20)13-6-2-1-3-7-13/h1-11H,18H2,(H,19,20). The van der Waals surface area contributed by atoms with Crippen LogP contribution in [0.5, 0.6) is 0 Å². The van der Waals surface area contributed by atoms with Crippen LogP contribution in [0.3, 0.4) is 0 Å². The lowest BCUT2D eigenvalue weighted by molar-refractivity contribution is 0.102. The van der Waals surface area contributed by atoms with Crippen molar-refractivity contribution in [3.63, 3.8) is 0 Å². The lowest BCUT2D eigenvalue weighted by Gasteiger charge is -2.10. The van der Waals surface area contributed by atoms with Crippen LogP contribution in [-0.4, -0.2) is 5.91 Å². The number of hydrogen-bond donors (Lipinski definition) is 2. The van der Waals surface area contributed by atoms with Gasteiger partial charge in [-0.05, 0) is 29.7 Å². The molecule has 0 atom stereocenters. The first-order valence-corrected chi connectivity index (χ1v) is 6.39. The summed E-state index contributed by atoms with van der Waals surface area (Å²) >= 11 is 0. The zero-order valence-electron chi connectivity index (χ0n) is 10.8. The van der Waals surface area contributed by atoms with Gasteiger partial charge in [0.05, 0.1) is 5.69 Å². The Morgan fingerprint density at radius 1 is 0.850 bits per heavy atom. The third-order valence-electron chi connectivity index (χ3n) is 3.22. The Morgan fingerprint density at radius 2 is 1.55 bits per heavy atom. The number of fused-ring (bicyclic) bond motifs is 1. The molecule has 3 rings (SSSR count). The van der Waals surface area contributed by atoms with Crippen LogP contribution in [-0.2, 0) is 0 Å². The number of nitrogen functional groups attached to an aromatic ring is 1. The van der Waals surface area contributed by atoms with Gasteiger partial charge >= 0.3 is 0 Å². The van der Waals surface area contributed by atoms with Gasteiger partial charge in [0.25, 0.3) is 5.91 Å². The number of benzene rings is 3. The molecule has 0 aliphatic heterocycles. The van der Waals surface area contributed by atoms with E-state index in [-0.39, 0.29) is 5.91 Å². The quantitative estimate of drug-likeness (QED) is 0.692. The van der Waals surface area contributed by atoms with Gasteiger partial charge in [0.1, 0.15) is 0 Å². The third-order valence-corrected chi connectivity index (χ3v) is 3.22. The van der Waals surface area contributed by atoms with E-state index < -0.39 is 0 Å². The van der Waals surface area contributed by atoms with Crippen LogP contribution >= 0.6 is 0 Å². The Bertz CT molecular complexity index is 761. The number of amides is 1. The second-order valence-electron chi connectivity index (χ2n) is 4.57. The van der Waals surface area contributed by atoms with E-state index in [0.29, 0.717) is 11.3 Å². The molecular formula is C17H14N2O. The molecule has 0 radical (unpaired) electrons. The van der Waals surface area contributed by atoms with Crippen molar-refractivity contribution in [2.75, 3.05) is 11.1 Å². The molecule has 0 heterocycles. The summed E-state index contributed by atoms with van der Waals surface area (Å²) in [6, 6.07) is 20.6. The molecule has 3 heteroatoms. The molecule has 3 nitrogen and oxygen atoms in total. The van der Waals surface area contributed by atoms with E-state index >= 15 is 0 Å². The number of nitrogens with one attached hydrogen (secondary N) is 1. The van der Waals surface area contributed by atoms with Crippen molar-refractivity contribution in [2.24, 2.45) is 0 Å². The van der Waals surface area contributed by atoms with E-state index in [1.165, 1.54) is 0 Å². The van der Waals surface area contributed by atoms with Gasteiger partial charge in [-0.15, -0.1) is 0 Å². The maximum absolute atomic E-state index is 12.2. The SMILES string of the molecule is Nc1cccc2cccc(NC(=O)c3ccccc3)c12. The summed E-state index contributed by atoms with van der Waals surface area (Å²) in [6.45, 7) is 0. The van der Waals surface area contributed by atoms with E-state index in [2.05, 4.69) is 5.32 Å². The molecule has 0 aliphatic rings. The summed E-state index contributed by atoms with van der Waals surface area (Å²) in [7, 11) is 0. The van der Waals surface area contributed by atoms with Gasteiger partial charge in [-0.1, -0.05) is 42.5 Å². The highest BCUT2D eigenvalue weighted by atomic mass is 16.1. The normalized spacial score (nSPS) is 10.4. The van der Waals surface area contributed by atoms with Gasteiger partial charge in [0, 0.05) is 16.6 Å². The second-order valence-corrected chi connectivity index (χ2v) is 4.57. The minimum Gasteiger partial charge on any atom is -0.398 e. The van der Waals surface area contributed by atoms with Crippen LogP contribution in [0.4, 0.5) is 11.4 Å². The molecular weight excluding hydrogens is 248 g/mol. The van der Waals surface area contributed by atoms with Crippen molar-refractivity contribution in [3.8, 4) is 0 Å². The average Bonchev–Trinajstić information content (AvgIpc) is 2.48. The van der Waals surface area contributed by atoms with Gasteiger partial charge in [-0.25, -0.2) is 0 Å². The fraction of sp³-hybridized carbons (Fsp3) is 0. The highest BCUT2D eigenvalue weighted by molar-refractivity contribution is 6.11. The molecule has 0 bridgehead atoms. The molecule has 98 valence electrons. The van der Waals surface area contributed by atoms with Crippen molar-refractivity contribution >= 4 is 28.1 Å². The molecule has 0 spiro atoms. The molecule has 0 unspecified atom stereocenters. The average molecular weight is 262 g/mol. The number of carbonyl (C=O) groups excluding carboxylic acids is 1. The van der Waals surface area contributed by atoms with Gasteiger partial charge in [0.2, 0.25) is 0 Å². The summed E-state index contributed by atoms with van der Waals surface area (Å²) in [6.07, 6.45) is 0. The Hall–Kier alpha value is -2.81. The van der Waals surface area contributed by atoms with E-state index in [1.807, 2.05) is 54.6 Å². The number of carbonyl (C=O) groups is 1. The predicted octanol–water partition coefficient (Wildman–Crippen LogP) is 3.67. The second kappa shape index (κ2) is 5.05. The lowest BCUT2D eigenvalue weighted by atomic mass is 10.1. The van der Waals surface area contributed by atoms with Crippen LogP contribution in [0, 0.1) is 0 Å². The Labute approximate surface area is 117 Å². The van der Waals surface area contributed by atoms with E-state index in [9.17, 15) is 4.79 Å². The highest BCUT2D eigenvalue weighted by Gasteiger charge is 2.09. The monoisotopic (exact) mass is 262 g/mol. The number of anilines is 2. The molecule has 3 aromatic carbocycles. The lowest BCUT2D eigenvalue weighted by Crippen LogP contribution is -2.12. The molecule has 3 aromatic rings. The van der Waals surface area contributed by atoms with E-state index in [0.717, 1.165) is 16.5 Å². The molecule has 0 fully saturated rings. The Kier molecular flexibility index (Phi) is 3.09. The maximum atomic E-state index is 12.2. The number of nitrogens with two attached hydrogens (primary N) is 1. The van der Waals surface area contributed by atoms with Crippen LogP contribution < -0.4 is 11.1 Å². The van der Waals surface area contributed by atoms with E-state index in [1.54, 1.807) is 12.1 Å². The first-order valence-electron chi connectivity index (χ1n) is 6.39. The van der Waals surface area contributed by atoms with Crippen LogP contribution in [0.1, 0.15) is 10.4 Å². The van der Waals surface area contributed by atoms with Crippen molar-refractivity contribution < 1.29 is 4.79 Å². The Morgan fingerprint density at radius 3 is 2.30 bits per heavy atom. The minimum absolute atomic E-state index is 0.138. The number of rotatable bonds is 2. The van der Waals surface area contributed by atoms with Crippen molar-refractivity contribution in [3.05, 3.63) is 72.3 Å². The van der Waals surface area contributed by atoms with Crippen LogP contribution in [0.15, 0.2) is 66.7 Å². The van der Waals surface area contributed by atoms with Gasteiger partial charge < -0.3 is 11.1 Å². The molecule has 0 aromatic heterocycles.